The average molecular weight is 505 g/mol. The van der Waals surface area contributed by atoms with Gasteiger partial charge in [0.15, 0.2) is 0 Å². The molecular formula is C29H33FN4O3. The summed E-state index contributed by atoms with van der Waals surface area (Å²) in [5.41, 5.74) is 3.49. The predicted octanol–water partition coefficient (Wildman–Crippen LogP) is 5.36. The van der Waals surface area contributed by atoms with Crippen molar-refractivity contribution in [1.29, 1.82) is 0 Å². The van der Waals surface area contributed by atoms with E-state index in [-0.39, 0.29) is 24.4 Å². The van der Waals surface area contributed by atoms with Gasteiger partial charge >= 0.3 is 0 Å². The Kier molecular flexibility index (Phi) is 9.63. The normalized spacial score (nSPS) is 14.8. The van der Waals surface area contributed by atoms with Crippen LogP contribution in [-0.2, 0) is 4.79 Å². The number of hydrogen-bond acceptors (Lipinski definition) is 5. The smallest absolute Gasteiger partial charge is 0.254 e. The van der Waals surface area contributed by atoms with Crippen molar-refractivity contribution < 1.29 is 19.1 Å². The molecule has 1 unspecified atom stereocenters. The molecule has 0 radical (unpaired) electrons. The van der Waals surface area contributed by atoms with Crippen molar-refractivity contribution in [2.24, 2.45) is 0 Å². The molecule has 2 aromatic carbocycles. The van der Waals surface area contributed by atoms with E-state index in [1.807, 2.05) is 56.5 Å². The molecule has 1 saturated heterocycles. The number of fused-ring (bicyclic) bond motifs is 1. The summed E-state index contributed by atoms with van der Waals surface area (Å²) in [6.07, 6.45) is 7.95. The summed E-state index contributed by atoms with van der Waals surface area (Å²) in [7, 11) is 0. The topological polar surface area (TPSA) is 88.3 Å². The van der Waals surface area contributed by atoms with Crippen LogP contribution in [0.3, 0.4) is 0 Å². The van der Waals surface area contributed by atoms with Gasteiger partial charge < -0.3 is 14.8 Å². The molecule has 3 heterocycles. The van der Waals surface area contributed by atoms with E-state index in [1.165, 1.54) is 6.07 Å². The van der Waals surface area contributed by atoms with Crippen LogP contribution in [0.2, 0.25) is 0 Å². The predicted molar refractivity (Wildman–Crippen MR) is 143 cm³/mol. The van der Waals surface area contributed by atoms with Gasteiger partial charge in [-0.3, -0.25) is 9.36 Å². The highest BCUT2D eigenvalue weighted by Gasteiger charge is 2.27. The first kappa shape index (κ1) is 27.7. The Labute approximate surface area is 216 Å². The summed E-state index contributed by atoms with van der Waals surface area (Å²) in [5.74, 6) is 0.0547. The van der Waals surface area contributed by atoms with E-state index in [9.17, 15) is 14.3 Å². The first-order valence-electron chi connectivity index (χ1n) is 12.5. The summed E-state index contributed by atoms with van der Waals surface area (Å²) in [6.45, 7) is 8.63. The number of aromatic nitrogens is 3. The highest BCUT2D eigenvalue weighted by Crippen LogP contribution is 2.27. The number of benzene rings is 2. The standard InChI is InChI=1S/C26H25FN4O2.C2H6.CH2O/c1-17-15-31(26-28-13-19(14-29-26)22-7-2-3-8-23(22)27)24-12-18(9-10-21(17)24)25(33)30-11-5-4-6-20(30)16-32;2*1-2/h2-3,7-10,12-15,20,32H,4-6,11,16H2,1H3;1-2H3;1H2. The molecule has 5 rings (SSSR count). The Bertz CT molecular complexity index is 1340. The van der Waals surface area contributed by atoms with Gasteiger partial charge in [0.05, 0.1) is 18.2 Å². The van der Waals surface area contributed by atoms with Crippen LogP contribution in [0.1, 0.15) is 49.0 Å². The average Bonchev–Trinajstić information content (AvgIpc) is 3.30. The van der Waals surface area contributed by atoms with Crippen LogP contribution >= 0.6 is 0 Å². The van der Waals surface area contributed by atoms with Gasteiger partial charge in [0, 0.05) is 47.2 Å². The zero-order chi connectivity index (χ0) is 26.9. The highest BCUT2D eigenvalue weighted by molar-refractivity contribution is 5.99. The number of amides is 1. The van der Waals surface area contributed by atoms with Crippen LogP contribution in [0.15, 0.2) is 61.1 Å². The Morgan fingerprint density at radius 3 is 2.49 bits per heavy atom. The van der Waals surface area contributed by atoms with Gasteiger partial charge in [-0.05, 0) is 49.9 Å². The zero-order valence-electron chi connectivity index (χ0n) is 21.5. The second-order valence-corrected chi connectivity index (χ2v) is 8.50. The number of aliphatic hydroxyl groups is 1. The number of piperidine rings is 1. The van der Waals surface area contributed by atoms with Crippen LogP contribution in [-0.4, -0.2) is 56.4 Å². The number of aryl methyl sites for hydroxylation is 1. The minimum Gasteiger partial charge on any atom is -0.394 e. The fraction of sp³-hybridized carbons (Fsp3) is 0.310. The minimum absolute atomic E-state index is 0.0222. The van der Waals surface area contributed by atoms with Crippen LogP contribution < -0.4 is 0 Å². The molecule has 0 bridgehead atoms. The maximum Gasteiger partial charge on any atom is 0.254 e. The van der Waals surface area contributed by atoms with Gasteiger partial charge in [0.2, 0.25) is 5.95 Å². The third-order valence-electron chi connectivity index (χ3n) is 6.39. The van der Waals surface area contributed by atoms with Crippen LogP contribution in [0.4, 0.5) is 4.39 Å². The number of hydrogen-bond donors (Lipinski definition) is 1. The SMILES string of the molecule is C=O.CC.Cc1cn(-c2ncc(-c3ccccc3F)cn2)c2cc(C(=O)N3CCCCC3CO)ccc12. The Balaban J connectivity index is 0.000000907. The Morgan fingerprint density at radius 2 is 1.81 bits per heavy atom. The lowest BCUT2D eigenvalue weighted by molar-refractivity contribution is -0.0980. The molecule has 1 aliphatic heterocycles. The molecule has 1 amide bonds. The van der Waals surface area contributed by atoms with Gasteiger partial charge in [-0.15, -0.1) is 0 Å². The maximum atomic E-state index is 14.1. The van der Waals surface area contributed by atoms with E-state index in [0.29, 0.717) is 29.2 Å². The molecule has 7 nitrogen and oxygen atoms in total. The van der Waals surface area contributed by atoms with Crippen LogP contribution in [0.5, 0.6) is 0 Å². The van der Waals surface area contributed by atoms with Gasteiger partial charge in [0.25, 0.3) is 5.91 Å². The number of halogens is 1. The summed E-state index contributed by atoms with van der Waals surface area (Å²) in [5, 5.41) is 10.7. The monoisotopic (exact) mass is 504 g/mol. The number of nitrogens with zero attached hydrogens (tertiary/aromatic N) is 4. The van der Waals surface area contributed by atoms with Gasteiger partial charge in [0.1, 0.15) is 12.6 Å². The van der Waals surface area contributed by atoms with Crippen molar-refractivity contribution in [2.75, 3.05) is 13.2 Å². The zero-order valence-corrected chi connectivity index (χ0v) is 21.5. The van der Waals surface area contributed by atoms with E-state index < -0.39 is 0 Å². The molecule has 0 aliphatic carbocycles. The summed E-state index contributed by atoms with van der Waals surface area (Å²) >= 11 is 0. The van der Waals surface area contributed by atoms with Crippen LogP contribution in [0.25, 0.3) is 28.0 Å². The number of likely N-dealkylation sites (tertiary alicyclic amines) is 1. The molecule has 0 saturated carbocycles. The van der Waals surface area contributed by atoms with E-state index >= 15 is 0 Å². The molecule has 8 heteroatoms. The molecule has 2 aromatic heterocycles. The summed E-state index contributed by atoms with van der Waals surface area (Å²) < 4.78 is 16.0. The maximum absolute atomic E-state index is 14.1. The molecule has 1 atom stereocenters. The lowest BCUT2D eigenvalue weighted by Crippen LogP contribution is -2.45. The molecule has 1 N–H and O–H groups in total. The fourth-order valence-electron chi connectivity index (χ4n) is 4.60. The quantitative estimate of drug-likeness (QED) is 0.404. The second-order valence-electron chi connectivity index (χ2n) is 8.50. The molecule has 1 aliphatic rings. The third-order valence-corrected chi connectivity index (χ3v) is 6.39. The number of aliphatic hydroxyl groups excluding tert-OH is 1. The van der Waals surface area contributed by atoms with Crippen molar-refractivity contribution in [3.63, 3.8) is 0 Å². The molecular weight excluding hydrogens is 471 g/mol. The molecule has 37 heavy (non-hydrogen) atoms. The van der Waals surface area contributed by atoms with Gasteiger partial charge in [-0.1, -0.05) is 38.1 Å². The summed E-state index contributed by atoms with van der Waals surface area (Å²) in [6, 6.07) is 12.0. The van der Waals surface area contributed by atoms with E-state index in [4.69, 9.17) is 4.79 Å². The molecule has 4 aromatic rings. The number of carbonyl (C=O) groups is 2. The lowest BCUT2D eigenvalue weighted by Gasteiger charge is -2.34. The number of rotatable bonds is 4. The van der Waals surface area contributed by atoms with Crippen molar-refractivity contribution in [1.82, 2.24) is 19.4 Å². The lowest BCUT2D eigenvalue weighted by atomic mass is 10.0. The van der Waals surface area contributed by atoms with Gasteiger partial charge in [-0.25, -0.2) is 14.4 Å². The molecule has 0 spiro atoms. The Morgan fingerprint density at radius 1 is 1.11 bits per heavy atom. The summed E-state index contributed by atoms with van der Waals surface area (Å²) in [4.78, 5) is 32.0. The van der Waals surface area contributed by atoms with Crippen molar-refractivity contribution in [3.05, 3.63) is 78.0 Å². The minimum atomic E-state index is -0.321. The Hall–Kier alpha value is -3.91. The fourth-order valence-corrected chi connectivity index (χ4v) is 4.60. The second kappa shape index (κ2) is 12.9. The van der Waals surface area contributed by atoms with E-state index in [1.54, 1.807) is 35.5 Å². The first-order valence-corrected chi connectivity index (χ1v) is 12.5. The third kappa shape index (κ3) is 5.75. The van der Waals surface area contributed by atoms with E-state index in [2.05, 4.69) is 9.97 Å². The largest absolute Gasteiger partial charge is 0.394 e. The van der Waals surface area contributed by atoms with Crippen molar-refractivity contribution >= 4 is 23.6 Å². The molecule has 1 fully saturated rings. The van der Waals surface area contributed by atoms with Crippen molar-refractivity contribution in [3.8, 4) is 17.1 Å². The van der Waals surface area contributed by atoms with Gasteiger partial charge in [-0.2, -0.15) is 0 Å². The van der Waals surface area contributed by atoms with E-state index in [0.717, 1.165) is 35.7 Å². The molecule has 194 valence electrons. The highest BCUT2D eigenvalue weighted by atomic mass is 19.1. The first-order chi connectivity index (χ1) is 18.1. The van der Waals surface area contributed by atoms with Crippen molar-refractivity contribution in [2.45, 2.75) is 46.1 Å². The van der Waals surface area contributed by atoms with Crippen LogP contribution in [0, 0.1) is 12.7 Å². The number of carbonyl (C=O) groups excluding carboxylic acids is 2.